The molecule has 6 nitrogen and oxygen atoms in total. The first-order chi connectivity index (χ1) is 12.0. The summed E-state index contributed by atoms with van der Waals surface area (Å²) in [5.74, 6) is 1.65. The van der Waals surface area contributed by atoms with Gasteiger partial charge in [-0.1, -0.05) is 6.92 Å². The molecule has 0 spiro atoms. The molecule has 2 aliphatic rings. The molecule has 6 heteroatoms. The van der Waals surface area contributed by atoms with Gasteiger partial charge in [0.1, 0.15) is 17.2 Å². The van der Waals surface area contributed by atoms with Crippen molar-refractivity contribution in [3.63, 3.8) is 0 Å². The Morgan fingerprint density at radius 1 is 1.32 bits per heavy atom. The molecule has 0 aliphatic heterocycles. The summed E-state index contributed by atoms with van der Waals surface area (Å²) in [7, 11) is 0. The molecule has 25 heavy (non-hydrogen) atoms. The predicted molar refractivity (Wildman–Crippen MR) is 89.3 cm³/mol. The number of nitrogens with zero attached hydrogens (tertiary/aromatic N) is 2. The number of rotatable bonds is 6. The van der Waals surface area contributed by atoms with E-state index in [1.807, 2.05) is 12.1 Å². The van der Waals surface area contributed by atoms with E-state index in [-0.39, 0.29) is 17.6 Å². The van der Waals surface area contributed by atoms with Gasteiger partial charge in [0.2, 0.25) is 0 Å². The van der Waals surface area contributed by atoms with E-state index in [1.54, 1.807) is 11.0 Å². The summed E-state index contributed by atoms with van der Waals surface area (Å²) in [5.41, 5.74) is 0.228. The van der Waals surface area contributed by atoms with Crippen molar-refractivity contribution in [2.24, 2.45) is 5.92 Å². The zero-order chi connectivity index (χ0) is 17.6. The Bertz CT molecular complexity index is 824. The molecule has 2 fully saturated rings. The van der Waals surface area contributed by atoms with E-state index in [0.717, 1.165) is 30.8 Å². The molecular weight excluding hydrogens is 320 g/mol. The number of carbonyl (C=O) groups excluding carboxylic acids is 1. The molecule has 1 N–H and O–H groups in total. The van der Waals surface area contributed by atoms with E-state index in [4.69, 9.17) is 9.52 Å². The van der Waals surface area contributed by atoms with Crippen molar-refractivity contribution in [1.29, 1.82) is 0 Å². The summed E-state index contributed by atoms with van der Waals surface area (Å²) in [6, 6.07) is 7.04. The van der Waals surface area contributed by atoms with Gasteiger partial charge in [0.15, 0.2) is 0 Å². The van der Waals surface area contributed by atoms with Crippen molar-refractivity contribution < 1.29 is 19.1 Å². The largest absolute Gasteiger partial charge is 0.477 e. The maximum absolute atomic E-state index is 12.9. The zero-order valence-corrected chi connectivity index (χ0v) is 14.0. The highest BCUT2D eigenvalue weighted by Gasteiger charge is 2.37. The Kier molecular flexibility index (Phi) is 3.82. The molecule has 4 rings (SSSR count). The number of furan rings is 1. The van der Waals surface area contributed by atoms with Crippen molar-refractivity contribution >= 4 is 11.9 Å². The number of carboxylic acid groups (broad SMARTS) is 1. The van der Waals surface area contributed by atoms with E-state index >= 15 is 0 Å². The molecule has 130 valence electrons. The third-order valence-corrected chi connectivity index (χ3v) is 4.96. The number of aromatic nitrogens is 1. The monoisotopic (exact) mass is 340 g/mol. The standard InChI is InChI=1S/C19H20N2O4/c1-11-8-15(11)17-5-4-14(25-17)10-21(13-2-3-13)18(22)12-6-7-20-16(9-12)19(23)24/h4-7,9,11,13,15H,2-3,8,10H2,1H3,(H,23,24). The topological polar surface area (TPSA) is 83.6 Å². The van der Waals surface area contributed by atoms with Gasteiger partial charge in [0.05, 0.1) is 6.54 Å². The second-order valence-electron chi connectivity index (χ2n) is 7.02. The first kappa shape index (κ1) is 15.9. The van der Waals surface area contributed by atoms with Crippen LogP contribution in [0.25, 0.3) is 0 Å². The SMILES string of the molecule is CC1CC1c1ccc(CN(C(=O)c2ccnc(C(=O)O)c2)C2CC2)o1. The Balaban J connectivity index is 1.53. The molecule has 2 unspecified atom stereocenters. The van der Waals surface area contributed by atoms with Gasteiger partial charge in [0.25, 0.3) is 5.91 Å². The van der Waals surface area contributed by atoms with Crippen LogP contribution in [0.5, 0.6) is 0 Å². The predicted octanol–water partition coefficient (Wildman–Crippen LogP) is 3.30. The summed E-state index contributed by atoms with van der Waals surface area (Å²) in [5, 5.41) is 9.07. The van der Waals surface area contributed by atoms with Gasteiger partial charge >= 0.3 is 5.97 Å². The summed E-state index contributed by atoms with van der Waals surface area (Å²) in [6.07, 6.45) is 4.46. The lowest BCUT2D eigenvalue weighted by Gasteiger charge is -2.21. The molecule has 0 bridgehead atoms. The molecule has 0 radical (unpaired) electrons. The highest BCUT2D eigenvalue weighted by atomic mass is 16.4. The van der Waals surface area contributed by atoms with Crippen LogP contribution >= 0.6 is 0 Å². The van der Waals surface area contributed by atoms with E-state index in [0.29, 0.717) is 23.9 Å². The van der Waals surface area contributed by atoms with Crippen LogP contribution in [0.2, 0.25) is 0 Å². The van der Waals surface area contributed by atoms with Crippen molar-refractivity contribution in [3.05, 3.63) is 53.2 Å². The van der Waals surface area contributed by atoms with Crippen LogP contribution in [0.15, 0.2) is 34.9 Å². The van der Waals surface area contributed by atoms with Gasteiger partial charge in [-0.05, 0) is 49.4 Å². The maximum Gasteiger partial charge on any atom is 0.354 e. The normalized spacial score (nSPS) is 21.8. The van der Waals surface area contributed by atoms with Crippen LogP contribution in [0.1, 0.15) is 64.5 Å². The van der Waals surface area contributed by atoms with Gasteiger partial charge in [-0.25, -0.2) is 9.78 Å². The molecule has 2 aromatic rings. The summed E-state index contributed by atoms with van der Waals surface area (Å²) in [6.45, 7) is 2.62. The van der Waals surface area contributed by atoms with E-state index in [1.165, 1.54) is 12.3 Å². The fourth-order valence-electron chi connectivity index (χ4n) is 3.16. The lowest BCUT2D eigenvalue weighted by atomic mass is 10.2. The quantitative estimate of drug-likeness (QED) is 0.872. The Hall–Kier alpha value is -2.63. The van der Waals surface area contributed by atoms with Crippen LogP contribution < -0.4 is 0 Å². The lowest BCUT2D eigenvalue weighted by Crippen LogP contribution is -2.32. The minimum Gasteiger partial charge on any atom is -0.477 e. The van der Waals surface area contributed by atoms with Crippen molar-refractivity contribution in [3.8, 4) is 0 Å². The summed E-state index contributed by atoms with van der Waals surface area (Å²) < 4.78 is 5.93. The number of hydrogen-bond donors (Lipinski definition) is 1. The van der Waals surface area contributed by atoms with Crippen LogP contribution in [-0.2, 0) is 6.54 Å². The first-order valence-electron chi connectivity index (χ1n) is 8.62. The summed E-state index contributed by atoms with van der Waals surface area (Å²) >= 11 is 0. The third-order valence-electron chi connectivity index (χ3n) is 4.96. The third kappa shape index (κ3) is 3.29. The average molecular weight is 340 g/mol. The molecule has 2 atom stereocenters. The fraction of sp³-hybridized carbons (Fsp3) is 0.421. The Labute approximate surface area is 145 Å². The van der Waals surface area contributed by atoms with Crippen molar-refractivity contribution in [1.82, 2.24) is 9.88 Å². The minimum atomic E-state index is -1.14. The van der Waals surface area contributed by atoms with Crippen LogP contribution in [0.3, 0.4) is 0 Å². The number of carbonyl (C=O) groups is 2. The Morgan fingerprint density at radius 3 is 2.72 bits per heavy atom. The number of carboxylic acids is 1. The number of aromatic carboxylic acids is 1. The van der Waals surface area contributed by atoms with Gasteiger partial charge in [-0.2, -0.15) is 0 Å². The first-order valence-corrected chi connectivity index (χ1v) is 8.62. The van der Waals surface area contributed by atoms with E-state index in [2.05, 4.69) is 11.9 Å². The van der Waals surface area contributed by atoms with E-state index in [9.17, 15) is 9.59 Å². The van der Waals surface area contributed by atoms with Crippen molar-refractivity contribution in [2.75, 3.05) is 0 Å². The highest BCUT2D eigenvalue weighted by molar-refractivity contribution is 5.96. The van der Waals surface area contributed by atoms with Crippen molar-refractivity contribution in [2.45, 2.75) is 44.7 Å². The molecule has 2 aromatic heterocycles. The number of hydrogen-bond acceptors (Lipinski definition) is 4. The average Bonchev–Trinajstić information content (AvgIpc) is 3.53. The maximum atomic E-state index is 12.9. The number of amides is 1. The van der Waals surface area contributed by atoms with Crippen LogP contribution in [-0.4, -0.2) is 32.9 Å². The molecule has 0 aromatic carbocycles. The molecular formula is C19H20N2O4. The fourth-order valence-corrected chi connectivity index (χ4v) is 3.16. The Morgan fingerprint density at radius 2 is 2.08 bits per heavy atom. The van der Waals surface area contributed by atoms with E-state index < -0.39 is 5.97 Å². The van der Waals surface area contributed by atoms with Gasteiger partial charge in [0, 0.05) is 23.7 Å². The molecule has 2 saturated carbocycles. The molecule has 1 amide bonds. The zero-order valence-electron chi connectivity index (χ0n) is 14.0. The lowest BCUT2D eigenvalue weighted by molar-refractivity contribution is 0.0690. The van der Waals surface area contributed by atoms with Crippen LogP contribution in [0.4, 0.5) is 0 Å². The van der Waals surface area contributed by atoms with Crippen LogP contribution in [0, 0.1) is 5.92 Å². The van der Waals surface area contributed by atoms with Gasteiger partial charge in [-0.3, -0.25) is 4.79 Å². The molecule has 0 saturated heterocycles. The van der Waals surface area contributed by atoms with Gasteiger partial charge < -0.3 is 14.4 Å². The number of pyridine rings is 1. The van der Waals surface area contributed by atoms with Gasteiger partial charge in [-0.15, -0.1) is 0 Å². The highest BCUT2D eigenvalue weighted by Crippen LogP contribution is 2.47. The molecule has 2 aliphatic carbocycles. The second kappa shape index (κ2) is 6.02. The minimum absolute atomic E-state index is 0.121. The molecule has 2 heterocycles. The summed E-state index contributed by atoms with van der Waals surface area (Å²) in [4.78, 5) is 29.5. The smallest absolute Gasteiger partial charge is 0.354 e. The second-order valence-corrected chi connectivity index (χ2v) is 7.02.